The number of nitrogens with zero attached hydrogens (tertiary/aromatic N) is 1. The summed E-state index contributed by atoms with van der Waals surface area (Å²) in [5.74, 6) is 0.697. The minimum Gasteiger partial charge on any atom is -0.492 e. The van der Waals surface area contributed by atoms with Gasteiger partial charge in [-0.25, -0.2) is 0 Å². The molecule has 2 aromatic rings. The molecule has 0 atom stereocenters. The fourth-order valence-electron chi connectivity index (χ4n) is 2.69. The predicted octanol–water partition coefficient (Wildman–Crippen LogP) is 5.96. The van der Waals surface area contributed by atoms with Gasteiger partial charge in [-0.1, -0.05) is 81.5 Å². The van der Waals surface area contributed by atoms with Crippen molar-refractivity contribution in [3.05, 3.63) is 54.1 Å². The molecule has 0 amide bonds. The lowest BCUT2D eigenvalue weighted by Crippen LogP contribution is -2.00. The van der Waals surface area contributed by atoms with Crippen LogP contribution in [0, 0.1) is 11.3 Å². The van der Waals surface area contributed by atoms with Crippen LogP contribution in [0.2, 0.25) is 0 Å². The van der Waals surface area contributed by atoms with E-state index in [-0.39, 0.29) is 0 Å². The van der Waals surface area contributed by atoms with Crippen LogP contribution in [0.1, 0.15) is 51.0 Å². The number of nitriles is 1. The van der Waals surface area contributed by atoms with E-state index < -0.39 is 0 Å². The molecule has 0 radical (unpaired) electrons. The lowest BCUT2D eigenvalue weighted by atomic mass is 10.00. The van der Waals surface area contributed by atoms with E-state index in [0.29, 0.717) is 17.9 Å². The molecule has 23 heavy (non-hydrogen) atoms. The second-order valence-corrected chi connectivity index (χ2v) is 5.77. The summed E-state index contributed by atoms with van der Waals surface area (Å²) in [4.78, 5) is 0. The Labute approximate surface area is 139 Å². The number of hydrogen-bond acceptors (Lipinski definition) is 2. The molecule has 0 unspecified atom stereocenters. The molecule has 0 saturated heterocycles. The molecule has 2 nitrogen and oxygen atoms in total. The first-order valence-corrected chi connectivity index (χ1v) is 8.58. The number of rotatable bonds is 9. The van der Waals surface area contributed by atoms with E-state index in [9.17, 15) is 5.26 Å². The average Bonchev–Trinajstić information content (AvgIpc) is 2.61. The van der Waals surface area contributed by atoms with Gasteiger partial charge in [0.25, 0.3) is 0 Å². The molecule has 0 fully saturated rings. The number of benzene rings is 2. The van der Waals surface area contributed by atoms with Gasteiger partial charge < -0.3 is 4.74 Å². The van der Waals surface area contributed by atoms with Crippen LogP contribution in [0.5, 0.6) is 5.75 Å². The molecular weight excluding hydrogens is 282 g/mol. The molecule has 0 N–H and O–H groups in total. The fourth-order valence-corrected chi connectivity index (χ4v) is 2.69. The fraction of sp³-hybridized carbons (Fsp3) is 0.381. The smallest absolute Gasteiger partial charge is 0.137 e. The van der Waals surface area contributed by atoms with Crippen LogP contribution in [-0.4, -0.2) is 6.61 Å². The SMILES string of the molecule is CCCCCCCCOc1cccc(-c2ccccc2)c1C#N. The Morgan fingerprint density at radius 3 is 2.35 bits per heavy atom. The number of unbranched alkanes of at least 4 members (excludes halogenated alkanes) is 5. The van der Waals surface area contributed by atoms with E-state index in [2.05, 4.69) is 13.0 Å². The van der Waals surface area contributed by atoms with Gasteiger partial charge in [-0.2, -0.15) is 5.26 Å². The van der Waals surface area contributed by atoms with Crippen LogP contribution in [0.3, 0.4) is 0 Å². The molecule has 0 bridgehead atoms. The lowest BCUT2D eigenvalue weighted by Gasteiger charge is -2.11. The van der Waals surface area contributed by atoms with Gasteiger partial charge in [0.2, 0.25) is 0 Å². The summed E-state index contributed by atoms with van der Waals surface area (Å²) in [6.45, 7) is 2.91. The van der Waals surface area contributed by atoms with E-state index in [1.165, 1.54) is 32.1 Å². The summed E-state index contributed by atoms with van der Waals surface area (Å²) in [6, 6.07) is 18.1. The first-order chi connectivity index (χ1) is 11.4. The summed E-state index contributed by atoms with van der Waals surface area (Å²) in [7, 11) is 0. The standard InChI is InChI=1S/C21H25NO/c1-2-3-4-5-6-10-16-23-21-15-11-14-19(20(21)17-22)18-12-8-7-9-13-18/h7-9,11-15H,2-6,10,16H2,1H3. The Balaban J connectivity index is 1.96. The highest BCUT2D eigenvalue weighted by molar-refractivity contribution is 5.73. The summed E-state index contributed by atoms with van der Waals surface area (Å²) in [5, 5.41) is 9.53. The van der Waals surface area contributed by atoms with Crippen LogP contribution in [0.25, 0.3) is 11.1 Å². The first kappa shape index (κ1) is 17.1. The monoisotopic (exact) mass is 307 g/mol. The van der Waals surface area contributed by atoms with Crippen molar-refractivity contribution in [2.24, 2.45) is 0 Å². The zero-order chi connectivity index (χ0) is 16.3. The van der Waals surface area contributed by atoms with Crippen LogP contribution < -0.4 is 4.74 Å². The van der Waals surface area contributed by atoms with Crippen molar-refractivity contribution in [1.82, 2.24) is 0 Å². The second kappa shape index (κ2) is 9.69. The maximum atomic E-state index is 9.53. The molecular formula is C21H25NO. The van der Waals surface area contributed by atoms with Crippen LogP contribution in [0.15, 0.2) is 48.5 Å². The van der Waals surface area contributed by atoms with Gasteiger partial charge in [0, 0.05) is 5.56 Å². The molecule has 0 spiro atoms. The third-order valence-electron chi connectivity index (χ3n) is 3.98. The van der Waals surface area contributed by atoms with E-state index in [1.807, 2.05) is 48.5 Å². The molecule has 0 aliphatic rings. The molecule has 2 heteroatoms. The van der Waals surface area contributed by atoms with Crippen molar-refractivity contribution in [1.29, 1.82) is 5.26 Å². The quantitative estimate of drug-likeness (QED) is 0.535. The van der Waals surface area contributed by atoms with E-state index in [1.54, 1.807) is 0 Å². The molecule has 0 heterocycles. The topological polar surface area (TPSA) is 33.0 Å². The molecule has 0 aromatic heterocycles. The van der Waals surface area contributed by atoms with Crippen LogP contribution in [0.4, 0.5) is 0 Å². The minimum absolute atomic E-state index is 0.629. The van der Waals surface area contributed by atoms with Crippen molar-refractivity contribution in [2.75, 3.05) is 6.61 Å². The Morgan fingerprint density at radius 2 is 1.61 bits per heavy atom. The Morgan fingerprint density at radius 1 is 0.870 bits per heavy atom. The highest BCUT2D eigenvalue weighted by atomic mass is 16.5. The minimum atomic E-state index is 0.629. The van der Waals surface area contributed by atoms with Gasteiger partial charge in [-0.3, -0.25) is 0 Å². The van der Waals surface area contributed by atoms with E-state index in [0.717, 1.165) is 17.5 Å². The number of ether oxygens (including phenoxy) is 1. The van der Waals surface area contributed by atoms with Crippen molar-refractivity contribution < 1.29 is 4.74 Å². The van der Waals surface area contributed by atoms with Gasteiger partial charge in [-0.15, -0.1) is 0 Å². The van der Waals surface area contributed by atoms with Crippen molar-refractivity contribution in [3.63, 3.8) is 0 Å². The third kappa shape index (κ3) is 5.14. The average molecular weight is 307 g/mol. The van der Waals surface area contributed by atoms with E-state index >= 15 is 0 Å². The maximum Gasteiger partial charge on any atom is 0.137 e. The van der Waals surface area contributed by atoms with Gasteiger partial charge >= 0.3 is 0 Å². The molecule has 2 rings (SSSR count). The summed E-state index contributed by atoms with van der Waals surface area (Å²) >= 11 is 0. The zero-order valence-electron chi connectivity index (χ0n) is 13.9. The maximum absolute atomic E-state index is 9.53. The molecule has 0 saturated carbocycles. The molecule has 120 valence electrons. The number of hydrogen-bond donors (Lipinski definition) is 0. The Bertz CT molecular complexity index is 628. The zero-order valence-corrected chi connectivity index (χ0v) is 13.9. The van der Waals surface area contributed by atoms with Gasteiger partial charge in [0.1, 0.15) is 17.4 Å². The highest BCUT2D eigenvalue weighted by Crippen LogP contribution is 2.30. The Hall–Kier alpha value is -2.27. The van der Waals surface area contributed by atoms with E-state index in [4.69, 9.17) is 4.74 Å². The van der Waals surface area contributed by atoms with Crippen LogP contribution in [-0.2, 0) is 0 Å². The van der Waals surface area contributed by atoms with Crippen molar-refractivity contribution in [2.45, 2.75) is 45.4 Å². The largest absolute Gasteiger partial charge is 0.492 e. The van der Waals surface area contributed by atoms with Gasteiger partial charge in [0.05, 0.1) is 6.61 Å². The molecule has 2 aromatic carbocycles. The summed E-state index contributed by atoms with van der Waals surface area (Å²) < 4.78 is 5.87. The van der Waals surface area contributed by atoms with Crippen LogP contribution >= 0.6 is 0 Å². The van der Waals surface area contributed by atoms with Gasteiger partial charge in [0.15, 0.2) is 0 Å². The van der Waals surface area contributed by atoms with Gasteiger partial charge in [-0.05, 0) is 18.1 Å². The first-order valence-electron chi connectivity index (χ1n) is 8.58. The molecule has 0 aliphatic heterocycles. The highest BCUT2D eigenvalue weighted by Gasteiger charge is 2.10. The third-order valence-corrected chi connectivity index (χ3v) is 3.98. The van der Waals surface area contributed by atoms with Crippen molar-refractivity contribution >= 4 is 0 Å². The normalized spacial score (nSPS) is 10.3. The summed E-state index contributed by atoms with van der Waals surface area (Å²) in [6.07, 6.45) is 7.41. The summed E-state index contributed by atoms with van der Waals surface area (Å²) in [5.41, 5.74) is 2.62. The lowest BCUT2D eigenvalue weighted by molar-refractivity contribution is 0.303. The second-order valence-electron chi connectivity index (χ2n) is 5.77. The predicted molar refractivity (Wildman–Crippen MR) is 95.5 cm³/mol. The van der Waals surface area contributed by atoms with Crippen molar-refractivity contribution in [3.8, 4) is 22.9 Å². The Kier molecular flexibility index (Phi) is 7.20. The molecule has 0 aliphatic carbocycles.